The standard InChI is InChI=1S/C11H15N7/c1-8-9-10(16(2)15-8)18(11(12)14-9)6-5-17-4-3-13-7-17/h3-4,7H,5-6H2,1-2H3,(H2,12,14). The number of nitrogen functional groups attached to an aromatic ring is 1. The van der Waals surface area contributed by atoms with E-state index in [1.165, 1.54) is 0 Å². The number of hydrogen-bond donors (Lipinski definition) is 1. The van der Waals surface area contributed by atoms with Crippen LogP contribution in [0.25, 0.3) is 11.2 Å². The predicted octanol–water partition coefficient (Wildman–Crippen LogP) is 0.557. The monoisotopic (exact) mass is 245 g/mol. The van der Waals surface area contributed by atoms with Gasteiger partial charge in [0.05, 0.1) is 12.0 Å². The van der Waals surface area contributed by atoms with Crippen LogP contribution in [0.2, 0.25) is 0 Å². The van der Waals surface area contributed by atoms with Crippen LogP contribution in [0.3, 0.4) is 0 Å². The van der Waals surface area contributed by atoms with Crippen LogP contribution in [0.1, 0.15) is 5.69 Å². The first-order valence-electron chi connectivity index (χ1n) is 5.78. The molecule has 0 saturated heterocycles. The van der Waals surface area contributed by atoms with Crippen molar-refractivity contribution >= 4 is 17.1 Å². The van der Waals surface area contributed by atoms with Crippen LogP contribution < -0.4 is 5.73 Å². The van der Waals surface area contributed by atoms with Crippen molar-refractivity contribution in [2.45, 2.75) is 20.0 Å². The normalized spacial score (nSPS) is 11.4. The average Bonchev–Trinajstić information content (AvgIpc) is 2.98. The number of rotatable bonds is 3. The maximum atomic E-state index is 5.96. The minimum atomic E-state index is 0.529. The molecule has 0 saturated carbocycles. The van der Waals surface area contributed by atoms with Crippen molar-refractivity contribution in [1.82, 2.24) is 28.9 Å². The van der Waals surface area contributed by atoms with E-state index in [1.54, 1.807) is 12.5 Å². The van der Waals surface area contributed by atoms with Crippen LogP contribution in [-0.2, 0) is 20.1 Å². The van der Waals surface area contributed by atoms with Gasteiger partial charge in [0.2, 0.25) is 5.95 Å². The second-order valence-electron chi connectivity index (χ2n) is 4.30. The zero-order valence-electron chi connectivity index (χ0n) is 10.4. The van der Waals surface area contributed by atoms with E-state index >= 15 is 0 Å². The molecule has 7 nitrogen and oxygen atoms in total. The molecular formula is C11H15N7. The number of aromatic nitrogens is 6. The predicted molar refractivity (Wildman–Crippen MR) is 67.9 cm³/mol. The summed E-state index contributed by atoms with van der Waals surface area (Å²) < 4.78 is 5.81. The molecule has 3 aromatic heterocycles. The van der Waals surface area contributed by atoms with E-state index in [4.69, 9.17) is 5.73 Å². The Labute approximate surface area is 104 Å². The molecule has 3 rings (SSSR count). The highest BCUT2D eigenvalue weighted by Crippen LogP contribution is 2.20. The molecule has 94 valence electrons. The lowest BCUT2D eigenvalue weighted by atomic mass is 10.4. The van der Waals surface area contributed by atoms with Crippen molar-refractivity contribution in [1.29, 1.82) is 0 Å². The summed E-state index contributed by atoms with van der Waals surface area (Å²) in [7, 11) is 1.91. The molecular weight excluding hydrogens is 230 g/mol. The summed E-state index contributed by atoms with van der Waals surface area (Å²) in [6.07, 6.45) is 5.48. The summed E-state index contributed by atoms with van der Waals surface area (Å²) in [5.41, 5.74) is 8.70. The number of nitrogens with zero attached hydrogens (tertiary/aromatic N) is 6. The van der Waals surface area contributed by atoms with Gasteiger partial charge in [0.1, 0.15) is 5.52 Å². The summed E-state index contributed by atoms with van der Waals surface area (Å²) in [4.78, 5) is 8.38. The van der Waals surface area contributed by atoms with Crippen molar-refractivity contribution in [2.24, 2.45) is 7.05 Å². The fraction of sp³-hybridized carbons (Fsp3) is 0.364. The molecule has 3 aromatic rings. The molecule has 0 aromatic carbocycles. The van der Waals surface area contributed by atoms with E-state index in [2.05, 4.69) is 15.1 Å². The lowest BCUT2D eigenvalue weighted by Gasteiger charge is -2.07. The summed E-state index contributed by atoms with van der Waals surface area (Å²) in [5.74, 6) is 0.529. The van der Waals surface area contributed by atoms with E-state index in [9.17, 15) is 0 Å². The number of fused-ring (bicyclic) bond motifs is 1. The molecule has 0 aliphatic rings. The topological polar surface area (TPSA) is 79.5 Å². The van der Waals surface area contributed by atoms with Crippen LogP contribution >= 0.6 is 0 Å². The molecule has 0 amide bonds. The van der Waals surface area contributed by atoms with Gasteiger partial charge in [-0.1, -0.05) is 0 Å². The van der Waals surface area contributed by atoms with Gasteiger partial charge in [-0.3, -0.25) is 9.25 Å². The highest BCUT2D eigenvalue weighted by atomic mass is 15.3. The van der Waals surface area contributed by atoms with Crippen LogP contribution in [0.4, 0.5) is 5.95 Å². The number of imidazole rings is 2. The van der Waals surface area contributed by atoms with Gasteiger partial charge in [0.25, 0.3) is 0 Å². The molecule has 0 aliphatic carbocycles. The van der Waals surface area contributed by atoms with Gasteiger partial charge in [-0.05, 0) is 6.92 Å². The van der Waals surface area contributed by atoms with Crippen LogP contribution in [0.15, 0.2) is 18.7 Å². The summed E-state index contributed by atoms with van der Waals surface area (Å²) in [6, 6.07) is 0. The molecule has 0 unspecified atom stereocenters. The third kappa shape index (κ3) is 1.55. The molecule has 7 heteroatoms. The van der Waals surface area contributed by atoms with Gasteiger partial charge in [-0.2, -0.15) is 5.10 Å². The van der Waals surface area contributed by atoms with Crippen molar-refractivity contribution in [3.63, 3.8) is 0 Å². The second-order valence-corrected chi connectivity index (χ2v) is 4.30. The fourth-order valence-electron chi connectivity index (χ4n) is 2.21. The van der Waals surface area contributed by atoms with Gasteiger partial charge in [0.15, 0.2) is 5.65 Å². The molecule has 0 radical (unpaired) electrons. The van der Waals surface area contributed by atoms with Crippen LogP contribution in [-0.4, -0.2) is 28.9 Å². The molecule has 0 atom stereocenters. The molecule has 0 spiro atoms. The maximum absolute atomic E-state index is 5.96. The van der Waals surface area contributed by atoms with E-state index < -0.39 is 0 Å². The third-order valence-electron chi connectivity index (χ3n) is 3.06. The van der Waals surface area contributed by atoms with Gasteiger partial charge in [0, 0.05) is 32.5 Å². The Hall–Kier alpha value is -2.31. The number of anilines is 1. The Morgan fingerprint density at radius 2 is 2.17 bits per heavy atom. The highest BCUT2D eigenvalue weighted by molar-refractivity contribution is 5.77. The Bertz CT molecular complexity index is 674. The number of hydrogen-bond acceptors (Lipinski definition) is 4. The van der Waals surface area contributed by atoms with Gasteiger partial charge in [-0.15, -0.1) is 0 Å². The second kappa shape index (κ2) is 3.86. The van der Waals surface area contributed by atoms with E-state index in [0.717, 1.165) is 29.9 Å². The average molecular weight is 245 g/mol. The van der Waals surface area contributed by atoms with Crippen LogP contribution in [0, 0.1) is 6.92 Å². The first-order chi connectivity index (χ1) is 8.66. The smallest absolute Gasteiger partial charge is 0.202 e. The Kier molecular flexibility index (Phi) is 2.32. The van der Waals surface area contributed by atoms with E-state index in [1.807, 2.05) is 34.0 Å². The van der Waals surface area contributed by atoms with Crippen molar-refractivity contribution in [2.75, 3.05) is 5.73 Å². The highest BCUT2D eigenvalue weighted by Gasteiger charge is 2.15. The maximum Gasteiger partial charge on any atom is 0.202 e. The lowest BCUT2D eigenvalue weighted by Crippen LogP contribution is -2.11. The third-order valence-corrected chi connectivity index (χ3v) is 3.06. The van der Waals surface area contributed by atoms with Crippen molar-refractivity contribution < 1.29 is 0 Å². The first-order valence-corrected chi connectivity index (χ1v) is 5.78. The van der Waals surface area contributed by atoms with E-state index in [-0.39, 0.29) is 0 Å². The summed E-state index contributed by atoms with van der Waals surface area (Å²) in [5, 5.41) is 4.36. The van der Waals surface area contributed by atoms with Crippen molar-refractivity contribution in [3.05, 3.63) is 24.4 Å². The minimum Gasteiger partial charge on any atom is -0.369 e. The van der Waals surface area contributed by atoms with Gasteiger partial charge >= 0.3 is 0 Å². The van der Waals surface area contributed by atoms with Crippen molar-refractivity contribution in [3.8, 4) is 0 Å². The molecule has 3 heterocycles. The summed E-state index contributed by atoms with van der Waals surface area (Å²) >= 11 is 0. The minimum absolute atomic E-state index is 0.529. The first kappa shape index (κ1) is 10.8. The lowest BCUT2D eigenvalue weighted by molar-refractivity contribution is 0.582. The zero-order chi connectivity index (χ0) is 12.7. The van der Waals surface area contributed by atoms with Gasteiger partial charge in [-0.25, -0.2) is 9.97 Å². The quantitative estimate of drug-likeness (QED) is 0.731. The SMILES string of the molecule is Cc1nn(C)c2c1nc(N)n2CCn1ccnc1. The number of aryl methyl sites for hydroxylation is 4. The molecule has 0 fully saturated rings. The van der Waals surface area contributed by atoms with Crippen LogP contribution in [0.5, 0.6) is 0 Å². The van der Waals surface area contributed by atoms with Gasteiger partial charge < -0.3 is 10.3 Å². The molecule has 18 heavy (non-hydrogen) atoms. The Morgan fingerprint density at radius 1 is 1.33 bits per heavy atom. The Balaban J connectivity index is 1.98. The summed E-state index contributed by atoms with van der Waals surface area (Å²) in [6.45, 7) is 3.49. The Morgan fingerprint density at radius 3 is 2.89 bits per heavy atom. The molecule has 0 aliphatic heterocycles. The largest absolute Gasteiger partial charge is 0.369 e. The van der Waals surface area contributed by atoms with E-state index in [0.29, 0.717) is 5.95 Å². The fourth-order valence-corrected chi connectivity index (χ4v) is 2.21. The zero-order valence-corrected chi connectivity index (χ0v) is 10.4. The molecule has 2 N–H and O–H groups in total. The number of nitrogens with two attached hydrogens (primary N) is 1. The molecule has 0 bridgehead atoms.